The molecule has 5 nitrogen and oxygen atoms in total. The molecular formula is C9H7N3O2. The van der Waals surface area contributed by atoms with Crippen molar-refractivity contribution < 1.29 is 4.92 Å². The number of benzene rings is 1. The Bertz CT molecular complexity index is 432. The minimum absolute atomic E-state index is 0.194. The summed E-state index contributed by atoms with van der Waals surface area (Å²) in [6.07, 6.45) is 0. The van der Waals surface area contributed by atoms with E-state index in [1.807, 2.05) is 6.07 Å². The Morgan fingerprint density at radius 1 is 1.64 bits per heavy atom. The number of nitrogens with zero attached hydrogens (tertiary/aromatic N) is 3. The Kier molecular flexibility index (Phi) is 2.92. The summed E-state index contributed by atoms with van der Waals surface area (Å²) in [6, 6.07) is 8.27. The van der Waals surface area contributed by atoms with Gasteiger partial charge in [0.05, 0.1) is 11.6 Å². The van der Waals surface area contributed by atoms with E-state index in [0.717, 1.165) is 0 Å². The second-order valence-electron chi connectivity index (χ2n) is 2.58. The van der Waals surface area contributed by atoms with Gasteiger partial charge in [-0.2, -0.15) is 5.26 Å². The zero-order chi connectivity index (χ0) is 10.6. The molecule has 1 rings (SSSR count). The molecule has 0 heterocycles. The summed E-state index contributed by atoms with van der Waals surface area (Å²) < 4.78 is 0. The van der Waals surface area contributed by atoms with E-state index in [4.69, 9.17) is 5.26 Å². The van der Waals surface area contributed by atoms with Crippen LogP contribution in [0.15, 0.2) is 29.3 Å². The molecule has 0 fully saturated rings. The van der Waals surface area contributed by atoms with Crippen LogP contribution in [0, 0.1) is 21.4 Å². The highest BCUT2D eigenvalue weighted by atomic mass is 16.6. The molecule has 0 atom stereocenters. The molecule has 0 unspecified atom stereocenters. The number of aliphatic imine (C=N–C) groups is 1. The second-order valence-corrected chi connectivity index (χ2v) is 2.58. The number of rotatable bonds is 1. The molecule has 1 aromatic rings. The van der Waals surface area contributed by atoms with Gasteiger partial charge < -0.3 is 10.1 Å². The van der Waals surface area contributed by atoms with Gasteiger partial charge >= 0.3 is 5.84 Å². The van der Waals surface area contributed by atoms with Crippen molar-refractivity contribution in [1.29, 1.82) is 5.26 Å². The summed E-state index contributed by atoms with van der Waals surface area (Å²) >= 11 is 0. The summed E-state index contributed by atoms with van der Waals surface area (Å²) in [4.78, 5) is 13.4. The quantitative estimate of drug-likeness (QED) is 0.293. The minimum Gasteiger partial charge on any atom is -0.358 e. The van der Waals surface area contributed by atoms with Crippen molar-refractivity contribution in [2.24, 2.45) is 4.99 Å². The second kappa shape index (κ2) is 4.14. The summed E-state index contributed by atoms with van der Waals surface area (Å²) in [5, 5.41) is 18.8. The van der Waals surface area contributed by atoms with Gasteiger partial charge in [0.15, 0.2) is 5.69 Å². The normalized spacial score (nSPS) is 10.7. The number of hydrogen-bond acceptors (Lipinski definition) is 4. The highest BCUT2D eigenvalue weighted by Gasteiger charge is 2.05. The standard InChI is InChI=1S/C9H7N3O2/c1-7(12(13)14)11-9-4-2-3-8(5-9)6-10/h2-5H,1H3. The Morgan fingerprint density at radius 3 is 2.93 bits per heavy atom. The van der Waals surface area contributed by atoms with E-state index in [-0.39, 0.29) is 5.84 Å². The largest absolute Gasteiger partial charge is 0.358 e. The van der Waals surface area contributed by atoms with Gasteiger partial charge in [0.2, 0.25) is 0 Å². The number of hydrogen-bond donors (Lipinski definition) is 0. The van der Waals surface area contributed by atoms with Crippen LogP contribution in [0.2, 0.25) is 0 Å². The Morgan fingerprint density at radius 2 is 2.36 bits per heavy atom. The van der Waals surface area contributed by atoms with E-state index in [9.17, 15) is 10.1 Å². The molecule has 5 heteroatoms. The lowest BCUT2D eigenvalue weighted by atomic mass is 10.2. The molecule has 0 spiro atoms. The first-order chi connectivity index (χ1) is 6.63. The lowest BCUT2D eigenvalue weighted by Crippen LogP contribution is -2.05. The highest BCUT2D eigenvalue weighted by Crippen LogP contribution is 2.13. The van der Waals surface area contributed by atoms with Crippen LogP contribution in [0.5, 0.6) is 0 Å². The van der Waals surface area contributed by atoms with E-state index >= 15 is 0 Å². The van der Waals surface area contributed by atoms with Gasteiger partial charge in [-0.1, -0.05) is 6.07 Å². The lowest BCUT2D eigenvalue weighted by Gasteiger charge is -1.91. The third kappa shape index (κ3) is 2.38. The molecule has 0 N–H and O–H groups in total. The van der Waals surface area contributed by atoms with Crippen molar-refractivity contribution in [1.82, 2.24) is 0 Å². The fraction of sp³-hybridized carbons (Fsp3) is 0.111. The zero-order valence-electron chi connectivity index (χ0n) is 7.47. The molecule has 1 aromatic carbocycles. The van der Waals surface area contributed by atoms with Crippen molar-refractivity contribution in [3.63, 3.8) is 0 Å². The van der Waals surface area contributed by atoms with Crippen LogP contribution >= 0.6 is 0 Å². The first-order valence-corrected chi connectivity index (χ1v) is 3.83. The van der Waals surface area contributed by atoms with Crippen molar-refractivity contribution in [3.8, 4) is 6.07 Å². The molecule has 0 aliphatic heterocycles. The summed E-state index contributed by atoms with van der Waals surface area (Å²) in [6.45, 7) is 1.30. The SMILES string of the molecule is CC(=Nc1cccc(C#N)c1)[N+](=O)[O-]. The topological polar surface area (TPSA) is 79.3 Å². The van der Waals surface area contributed by atoms with Gasteiger partial charge in [-0.25, -0.2) is 0 Å². The van der Waals surface area contributed by atoms with E-state index in [1.54, 1.807) is 18.2 Å². The predicted octanol–water partition coefficient (Wildman–Crippen LogP) is 1.88. The first kappa shape index (κ1) is 9.86. The Hall–Kier alpha value is -2.22. The molecule has 0 aliphatic carbocycles. The molecule has 0 saturated heterocycles. The molecule has 0 radical (unpaired) electrons. The van der Waals surface area contributed by atoms with Gasteiger partial charge in [-0.15, -0.1) is 0 Å². The van der Waals surface area contributed by atoms with Crippen LogP contribution in [0.4, 0.5) is 5.69 Å². The van der Waals surface area contributed by atoms with E-state index in [0.29, 0.717) is 11.3 Å². The van der Waals surface area contributed by atoms with E-state index in [2.05, 4.69) is 4.99 Å². The van der Waals surface area contributed by atoms with Crippen molar-refractivity contribution in [3.05, 3.63) is 39.9 Å². The smallest absolute Gasteiger partial charge is 0.336 e. The molecule has 0 bridgehead atoms. The van der Waals surface area contributed by atoms with E-state index < -0.39 is 4.92 Å². The monoisotopic (exact) mass is 189 g/mol. The highest BCUT2D eigenvalue weighted by molar-refractivity contribution is 5.74. The Labute approximate surface area is 80.5 Å². The summed E-state index contributed by atoms with van der Waals surface area (Å²) in [5.41, 5.74) is 0.848. The van der Waals surface area contributed by atoms with Crippen LogP contribution in [0.3, 0.4) is 0 Å². The summed E-state index contributed by atoms with van der Waals surface area (Å²) in [5.74, 6) is -0.194. The lowest BCUT2D eigenvalue weighted by molar-refractivity contribution is -0.351. The van der Waals surface area contributed by atoms with Crippen LogP contribution < -0.4 is 0 Å². The maximum Gasteiger partial charge on any atom is 0.336 e. The molecule has 0 aliphatic rings. The minimum atomic E-state index is -0.570. The van der Waals surface area contributed by atoms with Gasteiger partial charge in [-0.05, 0) is 22.0 Å². The number of amidine groups is 1. The third-order valence-corrected chi connectivity index (χ3v) is 1.53. The van der Waals surface area contributed by atoms with Gasteiger partial charge in [0.1, 0.15) is 0 Å². The molecule has 0 amide bonds. The predicted molar refractivity (Wildman–Crippen MR) is 50.9 cm³/mol. The maximum absolute atomic E-state index is 10.3. The zero-order valence-corrected chi connectivity index (χ0v) is 7.47. The van der Waals surface area contributed by atoms with Gasteiger partial charge in [0.25, 0.3) is 0 Å². The van der Waals surface area contributed by atoms with Crippen molar-refractivity contribution >= 4 is 11.5 Å². The Balaban J connectivity index is 3.04. The molecule has 0 aromatic heterocycles. The van der Waals surface area contributed by atoms with Crippen LogP contribution in [0.25, 0.3) is 0 Å². The molecule has 70 valence electrons. The van der Waals surface area contributed by atoms with E-state index in [1.165, 1.54) is 13.0 Å². The average molecular weight is 189 g/mol. The number of nitro groups is 1. The molecular weight excluding hydrogens is 182 g/mol. The van der Waals surface area contributed by atoms with Crippen LogP contribution in [-0.2, 0) is 0 Å². The number of nitriles is 1. The fourth-order valence-electron chi connectivity index (χ4n) is 0.873. The molecule has 0 saturated carbocycles. The van der Waals surface area contributed by atoms with Crippen molar-refractivity contribution in [2.75, 3.05) is 0 Å². The van der Waals surface area contributed by atoms with Gasteiger partial charge in [-0.3, -0.25) is 0 Å². The fourth-order valence-corrected chi connectivity index (χ4v) is 0.873. The van der Waals surface area contributed by atoms with Gasteiger partial charge in [0, 0.05) is 13.0 Å². The third-order valence-electron chi connectivity index (χ3n) is 1.53. The first-order valence-electron chi connectivity index (χ1n) is 3.83. The average Bonchev–Trinajstić information content (AvgIpc) is 2.18. The molecule has 14 heavy (non-hydrogen) atoms. The van der Waals surface area contributed by atoms with Crippen LogP contribution in [-0.4, -0.2) is 10.8 Å². The van der Waals surface area contributed by atoms with Crippen LogP contribution in [0.1, 0.15) is 12.5 Å². The maximum atomic E-state index is 10.3. The van der Waals surface area contributed by atoms with Crippen molar-refractivity contribution in [2.45, 2.75) is 6.92 Å². The summed E-state index contributed by atoms with van der Waals surface area (Å²) in [7, 11) is 0.